The first kappa shape index (κ1) is 12.6. The molecule has 0 spiro atoms. The maximum Gasteiger partial charge on any atom is 0.308 e. The third kappa shape index (κ3) is 2.69. The van der Waals surface area contributed by atoms with Gasteiger partial charge in [0.1, 0.15) is 17.5 Å². The fourth-order valence-electron chi connectivity index (χ4n) is 1.80. The Kier molecular flexibility index (Phi) is 3.36. The number of aryl methyl sites for hydroxylation is 1. The fraction of sp³-hybridized carbons (Fsp3) is 0.583. The average Bonchev–Trinajstić information content (AvgIpc) is 3.06. The van der Waals surface area contributed by atoms with Crippen LogP contribution in [-0.4, -0.2) is 40.7 Å². The van der Waals surface area contributed by atoms with Crippen LogP contribution in [-0.2, 0) is 4.79 Å². The van der Waals surface area contributed by atoms with E-state index >= 15 is 0 Å². The average molecular weight is 250 g/mol. The summed E-state index contributed by atoms with van der Waals surface area (Å²) in [6.45, 7) is 4.74. The summed E-state index contributed by atoms with van der Waals surface area (Å²) in [7, 11) is 1.96. The van der Waals surface area contributed by atoms with Crippen molar-refractivity contribution in [1.29, 1.82) is 0 Å². The van der Waals surface area contributed by atoms with Gasteiger partial charge in [0.2, 0.25) is 0 Å². The molecule has 1 aliphatic rings. The summed E-state index contributed by atoms with van der Waals surface area (Å²) < 4.78 is 0. The van der Waals surface area contributed by atoms with Crippen LogP contribution in [0.3, 0.4) is 0 Å². The molecule has 6 heteroatoms. The summed E-state index contributed by atoms with van der Waals surface area (Å²) in [5, 5.41) is 12.0. The molecule has 2 atom stereocenters. The molecular formula is C12H18N4O2. The van der Waals surface area contributed by atoms with E-state index in [-0.39, 0.29) is 12.0 Å². The zero-order chi connectivity index (χ0) is 13.3. The molecule has 18 heavy (non-hydrogen) atoms. The van der Waals surface area contributed by atoms with Crippen LogP contribution < -0.4 is 10.2 Å². The van der Waals surface area contributed by atoms with Crippen LogP contribution >= 0.6 is 0 Å². The topological polar surface area (TPSA) is 78.4 Å². The zero-order valence-electron chi connectivity index (χ0n) is 10.8. The van der Waals surface area contributed by atoms with Crippen LogP contribution in [0, 0.1) is 12.8 Å². The molecule has 2 rings (SSSR count). The summed E-state index contributed by atoms with van der Waals surface area (Å²) in [4.78, 5) is 21.4. The lowest BCUT2D eigenvalue weighted by molar-refractivity contribution is -0.138. The van der Waals surface area contributed by atoms with E-state index in [2.05, 4.69) is 15.3 Å². The molecule has 0 amide bonds. The Bertz CT molecular complexity index is 463. The molecule has 2 N–H and O–H groups in total. The monoisotopic (exact) mass is 250 g/mol. The molecule has 1 saturated carbocycles. The molecule has 0 bridgehead atoms. The number of rotatable bonds is 5. The fourth-order valence-corrected chi connectivity index (χ4v) is 1.80. The smallest absolute Gasteiger partial charge is 0.308 e. The number of carbonyl (C=O) groups is 1. The van der Waals surface area contributed by atoms with Crippen molar-refractivity contribution in [2.24, 2.45) is 5.92 Å². The van der Waals surface area contributed by atoms with Crippen molar-refractivity contribution in [2.75, 3.05) is 23.8 Å². The lowest BCUT2D eigenvalue weighted by Gasteiger charge is -2.17. The molecule has 0 aliphatic heterocycles. The van der Waals surface area contributed by atoms with Crippen LogP contribution in [0.1, 0.15) is 19.2 Å². The van der Waals surface area contributed by atoms with Crippen molar-refractivity contribution in [1.82, 2.24) is 9.97 Å². The Balaban J connectivity index is 2.09. The summed E-state index contributed by atoms with van der Waals surface area (Å²) in [5.41, 5.74) is 0. The van der Waals surface area contributed by atoms with E-state index in [1.807, 2.05) is 31.9 Å². The Morgan fingerprint density at radius 1 is 1.61 bits per heavy atom. The molecule has 0 saturated heterocycles. The second-order valence-electron chi connectivity index (χ2n) is 4.60. The van der Waals surface area contributed by atoms with E-state index in [0.717, 1.165) is 12.4 Å². The zero-order valence-corrected chi connectivity index (χ0v) is 10.8. The van der Waals surface area contributed by atoms with Crippen molar-refractivity contribution >= 4 is 17.6 Å². The highest BCUT2D eigenvalue weighted by Crippen LogP contribution is 2.33. The third-order valence-electron chi connectivity index (χ3n) is 3.13. The van der Waals surface area contributed by atoms with Gasteiger partial charge in [0.15, 0.2) is 0 Å². The quantitative estimate of drug-likeness (QED) is 0.815. The minimum absolute atomic E-state index is 0.00316. The maximum atomic E-state index is 10.8. The number of carboxylic acids is 1. The van der Waals surface area contributed by atoms with Crippen molar-refractivity contribution in [3.63, 3.8) is 0 Å². The number of nitrogens with zero attached hydrogens (tertiary/aromatic N) is 3. The second-order valence-corrected chi connectivity index (χ2v) is 4.60. The molecular weight excluding hydrogens is 232 g/mol. The third-order valence-corrected chi connectivity index (χ3v) is 3.13. The van der Waals surface area contributed by atoms with Crippen molar-refractivity contribution in [2.45, 2.75) is 26.3 Å². The van der Waals surface area contributed by atoms with Gasteiger partial charge < -0.3 is 15.3 Å². The standard InChI is InChI=1S/C12H18N4O2/c1-4-16(3)11-6-10(13-7(2)14-11)15-9-5-8(9)12(17)18/h6,8-9H,4-5H2,1-3H3,(H,17,18)(H,13,14,15). The van der Waals surface area contributed by atoms with E-state index in [1.165, 1.54) is 0 Å². The molecule has 6 nitrogen and oxygen atoms in total. The Labute approximate surface area is 106 Å². The minimum Gasteiger partial charge on any atom is -0.481 e. The highest BCUT2D eigenvalue weighted by atomic mass is 16.4. The first-order valence-electron chi connectivity index (χ1n) is 6.07. The van der Waals surface area contributed by atoms with Gasteiger partial charge in [0.05, 0.1) is 5.92 Å². The van der Waals surface area contributed by atoms with E-state index < -0.39 is 5.97 Å². The lowest BCUT2D eigenvalue weighted by Crippen LogP contribution is -2.19. The van der Waals surface area contributed by atoms with Gasteiger partial charge in [-0.2, -0.15) is 0 Å². The van der Waals surface area contributed by atoms with Crippen LogP contribution in [0.15, 0.2) is 6.07 Å². The number of carboxylic acid groups (broad SMARTS) is 1. The molecule has 1 aliphatic carbocycles. The normalized spacial score (nSPS) is 21.5. The van der Waals surface area contributed by atoms with Gasteiger partial charge in [-0.25, -0.2) is 9.97 Å². The van der Waals surface area contributed by atoms with Gasteiger partial charge in [-0.15, -0.1) is 0 Å². The number of nitrogens with one attached hydrogen (secondary N) is 1. The van der Waals surface area contributed by atoms with Gasteiger partial charge in [-0.1, -0.05) is 0 Å². The first-order valence-corrected chi connectivity index (χ1v) is 6.07. The van der Waals surface area contributed by atoms with Gasteiger partial charge in [0.25, 0.3) is 0 Å². The second kappa shape index (κ2) is 4.80. The van der Waals surface area contributed by atoms with Crippen LogP contribution in [0.5, 0.6) is 0 Å². The summed E-state index contributed by atoms with van der Waals surface area (Å²) in [6.07, 6.45) is 0.664. The van der Waals surface area contributed by atoms with E-state index in [0.29, 0.717) is 18.1 Å². The molecule has 1 fully saturated rings. The molecule has 98 valence electrons. The summed E-state index contributed by atoms with van der Waals surface area (Å²) in [6, 6.07) is 1.85. The molecule has 0 aromatic carbocycles. The Morgan fingerprint density at radius 2 is 2.33 bits per heavy atom. The molecule has 1 heterocycles. The Hall–Kier alpha value is -1.85. The number of aromatic nitrogens is 2. The largest absolute Gasteiger partial charge is 0.481 e. The van der Waals surface area contributed by atoms with Gasteiger partial charge in [-0.05, 0) is 20.3 Å². The van der Waals surface area contributed by atoms with Crippen molar-refractivity contribution in [3.8, 4) is 0 Å². The number of anilines is 2. The molecule has 1 aromatic heterocycles. The van der Waals surface area contributed by atoms with E-state index in [4.69, 9.17) is 5.11 Å². The van der Waals surface area contributed by atoms with Crippen LogP contribution in [0.4, 0.5) is 11.6 Å². The highest BCUT2D eigenvalue weighted by Gasteiger charge is 2.43. The summed E-state index contributed by atoms with van der Waals surface area (Å²) in [5.74, 6) is 1.20. The lowest BCUT2D eigenvalue weighted by atomic mass is 10.4. The maximum absolute atomic E-state index is 10.8. The van der Waals surface area contributed by atoms with Gasteiger partial charge in [0, 0.05) is 25.7 Å². The number of hydrogen-bond donors (Lipinski definition) is 2. The molecule has 0 radical (unpaired) electrons. The minimum atomic E-state index is -0.746. The first-order chi connectivity index (χ1) is 8.51. The van der Waals surface area contributed by atoms with Crippen LogP contribution in [0.2, 0.25) is 0 Å². The molecule has 2 unspecified atom stereocenters. The van der Waals surface area contributed by atoms with Crippen LogP contribution in [0.25, 0.3) is 0 Å². The van der Waals surface area contributed by atoms with Crippen molar-refractivity contribution < 1.29 is 9.90 Å². The number of aliphatic carboxylic acids is 1. The summed E-state index contributed by atoms with van der Waals surface area (Å²) >= 11 is 0. The van der Waals surface area contributed by atoms with Gasteiger partial charge >= 0.3 is 5.97 Å². The Morgan fingerprint density at radius 3 is 2.89 bits per heavy atom. The molecule has 1 aromatic rings. The van der Waals surface area contributed by atoms with E-state index in [9.17, 15) is 4.79 Å². The van der Waals surface area contributed by atoms with E-state index in [1.54, 1.807) is 0 Å². The van der Waals surface area contributed by atoms with Gasteiger partial charge in [-0.3, -0.25) is 4.79 Å². The predicted molar refractivity (Wildman–Crippen MR) is 68.9 cm³/mol. The van der Waals surface area contributed by atoms with Crippen molar-refractivity contribution in [3.05, 3.63) is 11.9 Å². The number of hydrogen-bond acceptors (Lipinski definition) is 5. The SMILES string of the molecule is CCN(C)c1cc(NC2CC2C(=O)O)nc(C)n1. The highest BCUT2D eigenvalue weighted by molar-refractivity contribution is 5.75. The predicted octanol–water partition coefficient (Wildman–Crippen LogP) is 1.13.